The Kier molecular flexibility index (Phi) is 10.0. The van der Waals surface area contributed by atoms with E-state index in [2.05, 4.69) is 32.3 Å². The highest BCUT2D eigenvalue weighted by Gasteiger charge is 2.57. The van der Waals surface area contributed by atoms with Crippen molar-refractivity contribution >= 4 is 23.9 Å². The SMILES string of the molecule is CN(C)c1cc(C#CC2(O)COC3C(OC(=O)c4ccccc4)COC32)ccc1OCC(C=O)NC(=O)c1n[nH]c(Cc2ccccc2)n1. The van der Waals surface area contributed by atoms with Crippen LogP contribution in [0.5, 0.6) is 5.75 Å². The zero-order valence-electron chi connectivity index (χ0n) is 26.9. The van der Waals surface area contributed by atoms with E-state index in [1.54, 1.807) is 42.5 Å². The molecule has 1 amide bonds. The van der Waals surface area contributed by atoms with Gasteiger partial charge in [-0.05, 0) is 35.9 Å². The van der Waals surface area contributed by atoms with Crippen LogP contribution in [0.15, 0.2) is 78.9 Å². The number of fused-ring (bicyclic) bond motifs is 1. The van der Waals surface area contributed by atoms with Gasteiger partial charge in [0.1, 0.15) is 42.7 Å². The first-order valence-electron chi connectivity index (χ1n) is 15.6. The largest absolute Gasteiger partial charge is 0.489 e. The van der Waals surface area contributed by atoms with Crippen molar-refractivity contribution < 1.29 is 38.4 Å². The molecule has 0 spiro atoms. The van der Waals surface area contributed by atoms with E-state index in [0.29, 0.717) is 41.1 Å². The van der Waals surface area contributed by atoms with Crippen molar-refractivity contribution in [1.82, 2.24) is 20.5 Å². The molecular weight excluding hydrogens is 630 g/mol. The Labute approximate surface area is 282 Å². The van der Waals surface area contributed by atoms with E-state index in [9.17, 15) is 19.5 Å². The maximum absolute atomic E-state index is 12.8. The zero-order chi connectivity index (χ0) is 34.4. The lowest BCUT2D eigenvalue weighted by Gasteiger charge is -2.21. The lowest BCUT2D eigenvalue weighted by molar-refractivity contribution is -0.110. The number of esters is 1. The number of ether oxygens (including phenoxy) is 4. The molecule has 3 N–H and O–H groups in total. The predicted octanol–water partition coefficient (Wildman–Crippen LogP) is 1.94. The van der Waals surface area contributed by atoms with Gasteiger partial charge in [0.25, 0.3) is 5.91 Å². The normalized spacial score (nSPS) is 21.5. The quantitative estimate of drug-likeness (QED) is 0.122. The van der Waals surface area contributed by atoms with Crippen molar-refractivity contribution in [2.24, 2.45) is 0 Å². The van der Waals surface area contributed by atoms with Crippen LogP contribution in [0.4, 0.5) is 5.69 Å². The second-order valence-corrected chi connectivity index (χ2v) is 11.9. The van der Waals surface area contributed by atoms with E-state index in [1.165, 1.54) is 0 Å². The Morgan fingerprint density at radius 3 is 2.61 bits per heavy atom. The molecule has 3 heterocycles. The Morgan fingerprint density at radius 1 is 1.12 bits per heavy atom. The highest BCUT2D eigenvalue weighted by molar-refractivity contribution is 5.92. The smallest absolute Gasteiger partial charge is 0.338 e. The first-order chi connectivity index (χ1) is 23.7. The Balaban J connectivity index is 1.06. The molecule has 13 heteroatoms. The third-order valence-corrected chi connectivity index (χ3v) is 8.05. The molecule has 2 fully saturated rings. The number of rotatable bonds is 11. The number of aromatic amines is 1. The second-order valence-electron chi connectivity index (χ2n) is 11.9. The number of anilines is 1. The third kappa shape index (κ3) is 7.79. The summed E-state index contributed by atoms with van der Waals surface area (Å²) >= 11 is 0. The van der Waals surface area contributed by atoms with Gasteiger partial charge in [-0.1, -0.05) is 60.4 Å². The number of hydrogen-bond acceptors (Lipinski definition) is 11. The molecule has 0 radical (unpaired) electrons. The number of aldehydes is 1. The van der Waals surface area contributed by atoms with E-state index in [-0.39, 0.29) is 25.6 Å². The summed E-state index contributed by atoms with van der Waals surface area (Å²) in [6.07, 6.45) is -1.08. The monoisotopic (exact) mass is 665 g/mol. The molecule has 13 nitrogen and oxygen atoms in total. The first-order valence-corrected chi connectivity index (χ1v) is 15.6. The maximum atomic E-state index is 12.8. The molecule has 252 valence electrons. The van der Waals surface area contributed by atoms with Crippen LogP contribution < -0.4 is 15.0 Å². The number of nitrogens with zero attached hydrogens (tertiary/aromatic N) is 3. The summed E-state index contributed by atoms with van der Waals surface area (Å²) < 4.78 is 23.2. The molecule has 2 saturated heterocycles. The van der Waals surface area contributed by atoms with Gasteiger partial charge in [0.15, 0.2) is 11.7 Å². The summed E-state index contributed by atoms with van der Waals surface area (Å²) in [5, 5.41) is 20.7. The third-order valence-electron chi connectivity index (χ3n) is 8.05. The first kappa shape index (κ1) is 33.4. The molecule has 5 unspecified atom stereocenters. The van der Waals surface area contributed by atoms with E-state index in [4.69, 9.17) is 18.9 Å². The van der Waals surface area contributed by atoms with Crippen molar-refractivity contribution in [2.45, 2.75) is 36.4 Å². The van der Waals surface area contributed by atoms with Crippen LogP contribution in [-0.4, -0.2) is 102 Å². The van der Waals surface area contributed by atoms with Gasteiger partial charge in [-0.15, -0.1) is 5.10 Å². The van der Waals surface area contributed by atoms with Gasteiger partial charge in [-0.25, -0.2) is 9.78 Å². The molecule has 3 aromatic carbocycles. The van der Waals surface area contributed by atoms with Crippen molar-refractivity contribution in [3.63, 3.8) is 0 Å². The topological polar surface area (TPSA) is 165 Å². The minimum absolute atomic E-state index is 0.0739. The molecule has 6 rings (SSSR count). The fourth-order valence-corrected chi connectivity index (χ4v) is 5.52. The van der Waals surface area contributed by atoms with E-state index >= 15 is 0 Å². The fraction of sp³-hybridized carbons (Fsp3) is 0.306. The van der Waals surface area contributed by atoms with Crippen LogP contribution in [0.3, 0.4) is 0 Å². The Hall–Kier alpha value is -5.55. The molecule has 2 aliphatic rings. The number of nitrogens with one attached hydrogen (secondary N) is 2. The number of amides is 1. The van der Waals surface area contributed by atoms with Gasteiger partial charge >= 0.3 is 5.97 Å². The fourth-order valence-electron chi connectivity index (χ4n) is 5.52. The van der Waals surface area contributed by atoms with Crippen molar-refractivity contribution in [3.8, 4) is 17.6 Å². The van der Waals surface area contributed by atoms with Crippen molar-refractivity contribution in [3.05, 3.63) is 107 Å². The number of H-pyrrole nitrogens is 1. The summed E-state index contributed by atoms with van der Waals surface area (Å²) in [6, 6.07) is 22.5. The summed E-state index contributed by atoms with van der Waals surface area (Å²) in [4.78, 5) is 43.2. The number of benzene rings is 3. The van der Waals surface area contributed by atoms with Gasteiger partial charge in [0.05, 0.1) is 24.5 Å². The molecular formula is C36H35N5O8. The number of carbonyl (C=O) groups excluding carboxylic acids is 3. The second kappa shape index (κ2) is 14.7. The molecule has 49 heavy (non-hydrogen) atoms. The highest BCUT2D eigenvalue weighted by atomic mass is 16.6. The minimum atomic E-state index is -1.62. The van der Waals surface area contributed by atoms with E-state index in [1.807, 2.05) is 55.4 Å². The molecule has 1 aromatic heterocycles. The molecule has 0 saturated carbocycles. The van der Waals surface area contributed by atoms with Gasteiger partial charge in [-0.2, -0.15) is 0 Å². The number of aromatic nitrogens is 3. The number of aliphatic hydroxyl groups is 1. The number of carbonyl (C=O) groups is 3. The van der Waals surface area contributed by atoms with Gasteiger partial charge in [0.2, 0.25) is 5.82 Å². The molecule has 4 aromatic rings. The standard InChI is InChI=1S/C36H35N5O8/c1-41(2)27-17-24(15-16-36(45)22-48-31-29(21-47-32(31)36)49-35(44)25-11-7-4-8-12-25)13-14-28(27)46-20-26(19-42)37-34(43)33-38-30(39-40-33)18-23-9-5-3-6-10-23/h3-14,17,19,26,29,31-32,45H,18,20-22H2,1-2H3,(H,37,43)(H,38,39,40). The summed E-state index contributed by atoms with van der Waals surface area (Å²) in [6.45, 7) is -0.183. The summed E-state index contributed by atoms with van der Waals surface area (Å²) in [7, 11) is 3.64. The van der Waals surface area contributed by atoms with Gasteiger partial charge in [-0.3, -0.25) is 9.89 Å². The van der Waals surface area contributed by atoms with Crippen LogP contribution in [-0.2, 0) is 25.4 Å². The van der Waals surface area contributed by atoms with Crippen LogP contribution >= 0.6 is 0 Å². The van der Waals surface area contributed by atoms with Crippen LogP contribution in [0.1, 0.15) is 37.9 Å². The Morgan fingerprint density at radius 2 is 1.88 bits per heavy atom. The molecule has 2 aliphatic heterocycles. The van der Waals surface area contributed by atoms with Crippen LogP contribution in [0.25, 0.3) is 0 Å². The van der Waals surface area contributed by atoms with E-state index < -0.39 is 41.8 Å². The summed E-state index contributed by atoms with van der Waals surface area (Å²) in [5.74, 6) is 5.67. The van der Waals surface area contributed by atoms with E-state index in [0.717, 1.165) is 5.56 Å². The average molecular weight is 666 g/mol. The molecule has 5 atom stereocenters. The van der Waals surface area contributed by atoms with Crippen LogP contribution in [0.2, 0.25) is 0 Å². The number of hydrogen-bond donors (Lipinski definition) is 3. The van der Waals surface area contributed by atoms with Crippen molar-refractivity contribution in [2.75, 3.05) is 38.8 Å². The van der Waals surface area contributed by atoms with Crippen molar-refractivity contribution in [1.29, 1.82) is 0 Å². The minimum Gasteiger partial charge on any atom is -0.489 e. The maximum Gasteiger partial charge on any atom is 0.338 e. The highest BCUT2D eigenvalue weighted by Crippen LogP contribution is 2.36. The van der Waals surface area contributed by atoms with Gasteiger partial charge < -0.3 is 39.1 Å². The molecule has 0 bridgehead atoms. The Bertz CT molecular complexity index is 1860. The van der Waals surface area contributed by atoms with Gasteiger partial charge in [0, 0.05) is 26.1 Å². The average Bonchev–Trinajstić information content (AvgIpc) is 3.84. The lowest BCUT2D eigenvalue weighted by Crippen LogP contribution is -2.42. The molecule has 0 aliphatic carbocycles. The van der Waals surface area contributed by atoms with Crippen LogP contribution in [0, 0.1) is 11.8 Å². The lowest BCUT2D eigenvalue weighted by atomic mass is 9.96. The zero-order valence-corrected chi connectivity index (χ0v) is 26.9. The summed E-state index contributed by atoms with van der Waals surface area (Å²) in [5.41, 5.74) is 1.03. The predicted molar refractivity (Wildman–Crippen MR) is 176 cm³/mol.